The first-order chi connectivity index (χ1) is 8.26. The molecule has 3 N–H and O–H groups in total. The molecule has 2 bridgehead atoms. The minimum Gasteiger partial charge on any atom is -0.271 e. The summed E-state index contributed by atoms with van der Waals surface area (Å²) in [5.41, 5.74) is 3.03. The van der Waals surface area contributed by atoms with Crippen molar-refractivity contribution in [1.29, 1.82) is 0 Å². The van der Waals surface area contributed by atoms with Crippen molar-refractivity contribution in [2.75, 3.05) is 0 Å². The second kappa shape index (κ2) is 4.71. The van der Waals surface area contributed by atoms with Crippen molar-refractivity contribution >= 4 is 11.3 Å². The zero-order valence-electron chi connectivity index (χ0n) is 10.5. The average Bonchev–Trinajstić information content (AvgIpc) is 3.01. The second-order valence-electron chi connectivity index (χ2n) is 5.84. The molecular weight excluding hydrogens is 228 g/mol. The quantitative estimate of drug-likeness (QED) is 0.635. The van der Waals surface area contributed by atoms with E-state index in [2.05, 4.69) is 24.5 Å². The van der Waals surface area contributed by atoms with E-state index in [0.717, 1.165) is 17.8 Å². The third kappa shape index (κ3) is 2.28. The largest absolute Gasteiger partial charge is 0.271 e. The lowest BCUT2D eigenvalue weighted by Gasteiger charge is -2.25. The van der Waals surface area contributed by atoms with Gasteiger partial charge in [-0.05, 0) is 62.5 Å². The molecule has 2 saturated carbocycles. The van der Waals surface area contributed by atoms with Gasteiger partial charge >= 0.3 is 0 Å². The molecule has 3 heteroatoms. The highest BCUT2D eigenvalue weighted by Gasteiger charge is 2.40. The zero-order valence-corrected chi connectivity index (χ0v) is 11.3. The van der Waals surface area contributed by atoms with E-state index in [1.54, 1.807) is 0 Å². The topological polar surface area (TPSA) is 38.0 Å². The van der Waals surface area contributed by atoms with E-state index in [-0.39, 0.29) is 0 Å². The highest BCUT2D eigenvalue weighted by Crippen LogP contribution is 2.51. The van der Waals surface area contributed by atoms with Gasteiger partial charge in [0.05, 0.1) is 6.04 Å². The predicted octanol–water partition coefficient (Wildman–Crippen LogP) is 3.39. The van der Waals surface area contributed by atoms with E-state index in [1.807, 2.05) is 11.3 Å². The lowest BCUT2D eigenvalue weighted by atomic mass is 9.84. The predicted molar refractivity (Wildman–Crippen MR) is 72.7 cm³/mol. The van der Waals surface area contributed by atoms with E-state index >= 15 is 0 Å². The first-order valence-corrected chi connectivity index (χ1v) is 7.60. The van der Waals surface area contributed by atoms with E-state index in [1.165, 1.54) is 41.9 Å². The minimum atomic E-state index is 0.373. The van der Waals surface area contributed by atoms with Gasteiger partial charge in [-0.1, -0.05) is 6.42 Å². The molecule has 0 saturated heterocycles. The van der Waals surface area contributed by atoms with Crippen LogP contribution < -0.4 is 11.3 Å². The zero-order chi connectivity index (χ0) is 11.8. The summed E-state index contributed by atoms with van der Waals surface area (Å²) in [7, 11) is 0. The Morgan fingerprint density at radius 3 is 2.82 bits per heavy atom. The van der Waals surface area contributed by atoms with Crippen LogP contribution in [-0.4, -0.2) is 0 Å². The van der Waals surface area contributed by atoms with Gasteiger partial charge in [-0.25, -0.2) is 0 Å². The summed E-state index contributed by atoms with van der Waals surface area (Å²) in [6.45, 7) is 2.17. The second-order valence-corrected chi connectivity index (χ2v) is 7.16. The van der Waals surface area contributed by atoms with Gasteiger partial charge in [-0.2, -0.15) is 0 Å². The lowest BCUT2D eigenvalue weighted by molar-refractivity contribution is 0.281. The molecular formula is C14H22N2S. The van der Waals surface area contributed by atoms with Crippen LogP contribution in [0, 0.1) is 24.7 Å². The fraction of sp³-hybridized carbons (Fsp3) is 0.714. The minimum absolute atomic E-state index is 0.373. The van der Waals surface area contributed by atoms with Gasteiger partial charge < -0.3 is 0 Å². The molecule has 0 amide bonds. The summed E-state index contributed by atoms with van der Waals surface area (Å²) in [5.74, 6) is 8.69. The maximum absolute atomic E-state index is 5.75. The number of thiophene rings is 1. The Morgan fingerprint density at radius 2 is 2.29 bits per heavy atom. The molecule has 1 aromatic rings. The number of rotatable bonds is 4. The highest BCUT2D eigenvalue weighted by atomic mass is 32.1. The molecule has 2 fully saturated rings. The van der Waals surface area contributed by atoms with Crippen molar-refractivity contribution in [3.8, 4) is 0 Å². The number of hydrazine groups is 1. The van der Waals surface area contributed by atoms with Crippen molar-refractivity contribution in [1.82, 2.24) is 5.43 Å². The normalized spacial score (nSPS) is 33.2. The average molecular weight is 250 g/mol. The Hall–Kier alpha value is -0.380. The third-order valence-electron chi connectivity index (χ3n) is 4.73. The molecule has 0 spiro atoms. The first-order valence-electron chi connectivity index (χ1n) is 6.78. The monoisotopic (exact) mass is 250 g/mol. The van der Waals surface area contributed by atoms with Crippen LogP contribution in [-0.2, 0) is 0 Å². The Kier molecular flexibility index (Phi) is 3.24. The van der Waals surface area contributed by atoms with Crippen LogP contribution in [0.5, 0.6) is 0 Å². The van der Waals surface area contributed by atoms with Crippen LogP contribution in [0.1, 0.15) is 47.9 Å². The maximum atomic E-state index is 5.75. The molecule has 17 heavy (non-hydrogen) atoms. The van der Waals surface area contributed by atoms with Gasteiger partial charge in [0.1, 0.15) is 0 Å². The van der Waals surface area contributed by atoms with Gasteiger partial charge in [0.25, 0.3) is 0 Å². The van der Waals surface area contributed by atoms with Crippen LogP contribution in [0.2, 0.25) is 0 Å². The van der Waals surface area contributed by atoms with E-state index in [4.69, 9.17) is 5.84 Å². The summed E-state index contributed by atoms with van der Waals surface area (Å²) in [4.78, 5) is 2.79. The van der Waals surface area contributed by atoms with Crippen LogP contribution in [0.3, 0.4) is 0 Å². The summed E-state index contributed by atoms with van der Waals surface area (Å²) >= 11 is 1.88. The molecule has 94 valence electrons. The van der Waals surface area contributed by atoms with E-state index < -0.39 is 0 Å². The van der Waals surface area contributed by atoms with Crippen LogP contribution >= 0.6 is 11.3 Å². The number of aryl methyl sites for hydroxylation is 1. The van der Waals surface area contributed by atoms with Gasteiger partial charge in [0.15, 0.2) is 0 Å². The Balaban J connectivity index is 1.66. The number of hydrogen-bond acceptors (Lipinski definition) is 3. The van der Waals surface area contributed by atoms with Crippen LogP contribution in [0.25, 0.3) is 0 Å². The number of nitrogens with one attached hydrogen (secondary N) is 1. The highest BCUT2D eigenvalue weighted by molar-refractivity contribution is 7.12. The third-order valence-corrected chi connectivity index (χ3v) is 5.84. The fourth-order valence-corrected chi connectivity index (χ4v) is 4.83. The lowest BCUT2D eigenvalue weighted by Crippen LogP contribution is -2.30. The summed E-state index contributed by atoms with van der Waals surface area (Å²) in [6.07, 6.45) is 7.13. The van der Waals surface area contributed by atoms with Gasteiger partial charge in [0, 0.05) is 9.75 Å². The number of nitrogens with two attached hydrogens (primary N) is 1. The smallest absolute Gasteiger partial charge is 0.0556 e. The van der Waals surface area contributed by atoms with Crippen molar-refractivity contribution in [2.24, 2.45) is 23.6 Å². The SMILES string of the molecule is Cc1ccc(C(CC2CC3CCC2C3)NN)s1. The Bertz CT molecular complexity index is 387. The molecule has 2 aliphatic rings. The van der Waals surface area contributed by atoms with E-state index in [9.17, 15) is 0 Å². The molecule has 1 heterocycles. The standard InChI is InChI=1S/C14H22N2S/c1-9-2-5-14(17-9)13(16-15)8-12-7-10-3-4-11(12)6-10/h2,5,10-13,16H,3-4,6-8,15H2,1H3. The Labute approximate surface area is 108 Å². The maximum Gasteiger partial charge on any atom is 0.0556 e. The molecule has 0 aliphatic heterocycles. The van der Waals surface area contributed by atoms with Crippen molar-refractivity contribution in [2.45, 2.75) is 45.1 Å². The van der Waals surface area contributed by atoms with Gasteiger partial charge in [0.2, 0.25) is 0 Å². The van der Waals surface area contributed by atoms with Crippen molar-refractivity contribution in [3.63, 3.8) is 0 Å². The molecule has 0 aromatic carbocycles. The Morgan fingerprint density at radius 1 is 1.41 bits per heavy atom. The van der Waals surface area contributed by atoms with Crippen molar-refractivity contribution < 1.29 is 0 Å². The molecule has 4 unspecified atom stereocenters. The molecule has 4 atom stereocenters. The molecule has 2 aliphatic carbocycles. The molecule has 3 rings (SSSR count). The molecule has 2 nitrogen and oxygen atoms in total. The number of hydrogen-bond donors (Lipinski definition) is 2. The van der Waals surface area contributed by atoms with Gasteiger partial charge in [-0.15, -0.1) is 11.3 Å². The van der Waals surface area contributed by atoms with Crippen LogP contribution in [0.15, 0.2) is 12.1 Å². The van der Waals surface area contributed by atoms with Crippen LogP contribution in [0.4, 0.5) is 0 Å². The molecule has 0 radical (unpaired) electrons. The van der Waals surface area contributed by atoms with Crippen molar-refractivity contribution in [3.05, 3.63) is 21.9 Å². The summed E-state index contributed by atoms with van der Waals surface area (Å²) in [6, 6.07) is 4.81. The number of fused-ring (bicyclic) bond motifs is 2. The first kappa shape index (κ1) is 11.7. The van der Waals surface area contributed by atoms with Gasteiger partial charge in [-0.3, -0.25) is 11.3 Å². The van der Waals surface area contributed by atoms with E-state index in [0.29, 0.717) is 6.04 Å². The summed E-state index contributed by atoms with van der Waals surface area (Å²) < 4.78 is 0. The molecule has 1 aromatic heterocycles. The summed E-state index contributed by atoms with van der Waals surface area (Å²) in [5, 5.41) is 0. The fourth-order valence-electron chi connectivity index (χ4n) is 3.87.